The van der Waals surface area contributed by atoms with Crippen LogP contribution in [0.1, 0.15) is 42.1 Å². The average molecular weight is 380 g/mol. The van der Waals surface area contributed by atoms with Crippen LogP contribution in [0.4, 0.5) is 0 Å². The first kappa shape index (κ1) is 19.9. The van der Waals surface area contributed by atoms with Gasteiger partial charge in [-0.3, -0.25) is 9.59 Å². The summed E-state index contributed by atoms with van der Waals surface area (Å²) in [5.74, 6) is 0.887. The van der Waals surface area contributed by atoms with E-state index in [1.807, 2.05) is 42.2 Å². The van der Waals surface area contributed by atoms with Crippen LogP contribution in [0.15, 0.2) is 54.6 Å². The zero-order valence-corrected chi connectivity index (χ0v) is 16.4. The Morgan fingerprint density at radius 2 is 1.71 bits per heavy atom. The van der Waals surface area contributed by atoms with Gasteiger partial charge in [0.1, 0.15) is 5.75 Å². The third kappa shape index (κ3) is 5.59. The molecule has 1 saturated heterocycles. The number of piperidine rings is 1. The molecule has 2 aromatic rings. The van der Waals surface area contributed by atoms with Crippen molar-refractivity contribution in [1.82, 2.24) is 10.2 Å². The summed E-state index contributed by atoms with van der Waals surface area (Å²) in [7, 11) is 0. The summed E-state index contributed by atoms with van der Waals surface area (Å²) in [4.78, 5) is 26.8. The van der Waals surface area contributed by atoms with Gasteiger partial charge in [0.05, 0.1) is 6.61 Å². The van der Waals surface area contributed by atoms with Gasteiger partial charge in [-0.1, -0.05) is 30.3 Å². The fourth-order valence-electron chi connectivity index (χ4n) is 3.47. The van der Waals surface area contributed by atoms with Gasteiger partial charge in [0.25, 0.3) is 5.91 Å². The minimum absolute atomic E-state index is 0.0723. The minimum atomic E-state index is -0.0723. The number of nitrogens with zero attached hydrogens (tertiary/aromatic N) is 1. The number of carbonyl (C=O) groups excluding carboxylic acids is 2. The predicted molar refractivity (Wildman–Crippen MR) is 109 cm³/mol. The number of hydrogen-bond acceptors (Lipinski definition) is 3. The van der Waals surface area contributed by atoms with Crippen LogP contribution in [-0.4, -0.2) is 42.5 Å². The molecule has 2 aromatic carbocycles. The van der Waals surface area contributed by atoms with Gasteiger partial charge in [-0.25, -0.2) is 0 Å². The van der Waals surface area contributed by atoms with Gasteiger partial charge >= 0.3 is 0 Å². The van der Waals surface area contributed by atoms with E-state index in [9.17, 15) is 9.59 Å². The van der Waals surface area contributed by atoms with E-state index in [0.29, 0.717) is 31.7 Å². The second-order valence-corrected chi connectivity index (χ2v) is 7.07. The van der Waals surface area contributed by atoms with Crippen LogP contribution in [0, 0.1) is 0 Å². The van der Waals surface area contributed by atoms with E-state index in [1.54, 1.807) is 12.1 Å². The second-order valence-electron chi connectivity index (χ2n) is 7.07. The van der Waals surface area contributed by atoms with Crippen molar-refractivity contribution in [2.75, 3.05) is 19.7 Å². The number of benzene rings is 2. The first-order valence-corrected chi connectivity index (χ1v) is 10.0. The molecule has 2 amide bonds. The molecule has 5 heteroatoms. The molecule has 0 atom stereocenters. The fraction of sp³-hybridized carbons (Fsp3) is 0.391. The molecular formula is C23H28N2O3. The summed E-state index contributed by atoms with van der Waals surface area (Å²) < 4.78 is 5.40. The number of hydrogen-bond donors (Lipinski definition) is 1. The number of likely N-dealkylation sites (tertiary alicyclic amines) is 1. The molecule has 1 heterocycles. The topological polar surface area (TPSA) is 58.6 Å². The van der Waals surface area contributed by atoms with Gasteiger partial charge in [0, 0.05) is 31.1 Å². The molecule has 0 aromatic heterocycles. The molecule has 0 aliphatic carbocycles. The van der Waals surface area contributed by atoms with E-state index in [4.69, 9.17) is 4.74 Å². The van der Waals surface area contributed by atoms with Crippen molar-refractivity contribution in [2.45, 2.75) is 38.6 Å². The molecule has 0 bridgehead atoms. The summed E-state index contributed by atoms with van der Waals surface area (Å²) in [6, 6.07) is 17.4. The highest BCUT2D eigenvalue weighted by Gasteiger charge is 2.24. The van der Waals surface area contributed by atoms with Gasteiger partial charge in [0.2, 0.25) is 5.91 Å². The van der Waals surface area contributed by atoms with Crippen LogP contribution in [0.5, 0.6) is 5.75 Å². The lowest BCUT2D eigenvalue weighted by atomic mass is 10.0. The van der Waals surface area contributed by atoms with E-state index < -0.39 is 0 Å². The van der Waals surface area contributed by atoms with Crippen LogP contribution in [0.3, 0.4) is 0 Å². The Kier molecular flexibility index (Phi) is 7.06. The molecule has 0 saturated carbocycles. The standard InChI is InChI=1S/C23H28N2O3/c1-2-28-21-11-9-19(10-12-21)23(27)24-20-14-16-25(17-15-20)22(26)13-8-18-6-4-3-5-7-18/h3-7,9-12,20H,2,8,13-17H2,1H3,(H,24,27). The summed E-state index contributed by atoms with van der Waals surface area (Å²) in [5, 5.41) is 3.09. The van der Waals surface area contributed by atoms with Gasteiger partial charge in [-0.15, -0.1) is 0 Å². The normalized spacial score (nSPS) is 14.5. The highest BCUT2D eigenvalue weighted by molar-refractivity contribution is 5.94. The Morgan fingerprint density at radius 3 is 2.36 bits per heavy atom. The molecular weight excluding hydrogens is 352 g/mol. The van der Waals surface area contributed by atoms with Crippen molar-refractivity contribution >= 4 is 11.8 Å². The lowest BCUT2D eigenvalue weighted by Crippen LogP contribution is -2.46. The van der Waals surface area contributed by atoms with E-state index in [2.05, 4.69) is 17.4 Å². The quantitative estimate of drug-likeness (QED) is 0.800. The summed E-state index contributed by atoms with van der Waals surface area (Å²) in [6.07, 6.45) is 2.89. The maximum Gasteiger partial charge on any atom is 0.251 e. The number of aryl methyl sites for hydroxylation is 1. The first-order chi connectivity index (χ1) is 13.7. The Balaban J connectivity index is 1.42. The molecule has 1 aliphatic heterocycles. The van der Waals surface area contributed by atoms with Gasteiger partial charge in [-0.05, 0) is 56.0 Å². The van der Waals surface area contributed by atoms with E-state index in [1.165, 1.54) is 5.56 Å². The first-order valence-electron chi connectivity index (χ1n) is 10.0. The highest BCUT2D eigenvalue weighted by atomic mass is 16.5. The molecule has 1 aliphatic rings. The zero-order valence-electron chi connectivity index (χ0n) is 16.4. The monoisotopic (exact) mass is 380 g/mol. The Bertz CT molecular complexity index is 766. The Hall–Kier alpha value is -2.82. The molecule has 5 nitrogen and oxygen atoms in total. The smallest absolute Gasteiger partial charge is 0.251 e. The van der Waals surface area contributed by atoms with Crippen LogP contribution in [0.25, 0.3) is 0 Å². The van der Waals surface area contributed by atoms with E-state index >= 15 is 0 Å². The molecule has 1 N–H and O–H groups in total. The van der Waals surface area contributed by atoms with Gasteiger partial charge < -0.3 is 15.0 Å². The lowest BCUT2D eigenvalue weighted by molar-refractivity contribution is -0.132. The minimum Gasteiger partial charge on any atom is -0.494 e. The largest absolute Gasteiger partial charge is 0.494 e. The molecule has 0 spiro atoms. The Labute approximate surface area is 166 Å². The van der Waals surface area contributed by atoms with Crippen molar-refractivity contribution in [3.8, 4) is 5.75 Å². The van der Waals surface area contributed by atoms with E-state index in [0.717, 1.165) is 25.0 Å². The van der Waals surface area contributed by atoms with Crippen LogP contribution >= 0.6 is 0 Å². The molecule has 1 fully saturated rings. The average Bonchev–Trinajstić information content (AvgIpc) is 2.74. The summed E-state index contributed by atoms with van der Waals surface area (Å²) >= 11 is 0. The third-order valence-electron chi connectivity index (χ3n) is 5.08. The van der Waals surface area contributed by atoms with Crippen molar-refractivity contribution in [1.29, 1.82) is 0 Å². The fourth-order valence-corrected chi connectivity index (χ4v) is 3.47. The van der Waals surface area contributed by atoms with E-state index in [-0.39, 0.29) is 17.9 Å². The van der Waals surface area contributed by atoms with Crippen molar-refractivity contribution < 1.29 is 14.3 Å². The highest BCUT2D eigenvalue weighted by Crippen LogP contribution is 2.15. The zero-order chi connectivity index (χ0) is 19.8. The summed E-state index contributed by atoms with van der Waals surface area (Å²) in [6.45, 7) is 3.93. The van der Waals surface area contributed by atoms with Crippen LogP contribution in [0.2, 0.25) is 0 Å². The number of amides is 2. The molecule has 148 valence electrons. The molecule has 28 heavy (non-hydrogen) atoms. The van der Waals surface area contributed by atoms with Crippen molar-refractivity contribution in [3.05, 3.63) is 65.7 Å². The van der Waals surface area contributed by atoms with Crippen molar-refractivity contribution in [3.63, 3.8) is 0 Å². The maximum absolute atomic E-state index is 12.4. The SMILES string of the molecule is CCOc1ccc(C(=O)NC2CCN(C(=O)CCc3ccccc3)CC2)cc1. The number of rotatable bonds is 7. The van der Waals surface area contributed by atoms with Crippen LogP contribution < -0.4 is 10.1 Å². The predicted octanol–water partition coefficient (Wildman–Crippen LogP) is 3.44. The molecule has 0 unspecified atom stereocenters. The molecule has 3 rings (SSSR count). The summed E-state index contributed by atoms with van der Waals surface area (Å²) in [5.41, 5.74) is 1.82. The maximum atomic E-state index is 12.4. The van der Waals surface area contributed by atoms with Crippen molar-refractivity contribution in [2.24, 2.45) is 0 Å². The third-order valence-corrected chi connectivity index (χ3v) is 5.08. The van der Waals surface area contributed by atoms with Gasteiger partial charge in [-0.2, -0.15) is 0 Å². The molecule has 0 radical (unpaired) electrons. The number of carbonyl (C=O) groups is 2. The van der Waals surface area contributed by atoms with Crippen LogP contribution in [-0.2, 0) is 11.2 Å². The second kappa shape index (κ2) is 9.93. The lowest BCUT2D eigenvalue weighted by Gasteiger charge is -2.32. The number of ether oxygens (including phenoxy) is 1. The van der Waals surface area contributed by atoms with Gasteiger partial charge in [0.15, 0.2) is 0 Å². The Morgan fingerprint density at radius 1 is 1.04 bits per heavy atom. The number of nitrogens with one attached hydrogen (secondary N) is 1.